The van der Waals surface area contributed by atoms with Gasteiger partial charge in [-0.25, -0.2) is 9.97 Å². The van der Waals surface area contributed by atoms with E-state index in [1.165, 1.54) is 11.3 Å². The highest BCUT2D eigenvalue weighted by atomic mass is 32.1. The van der Waals surface area contributed by atoms with Crippen molar-refractivity contribution < 1.29 is 4.79 Å². The van der Waals surface area contributed by atoms with Gasteiger partial charge in [0.25, 0.3) is 5.91 Å². The van der Waals surface area contributed by atoms with Gasteiger partial charge >= 0.3 is 0 Å². The van der Waals surface area contributed by atoms with Crippen LogP contribution in [0.5, 0.6) is 0 Å². The van der Waals surface area contributed by atoms with Crippen LogP contribution in [0.15, 0.2) is 17.9 Å². The van der Waals surface area contributed by atoms with Gasteiger partial charge in [0.05, 0.1) is 11.2 Å². The third-order valence-electron chi connectivity index (χ3n) is 1.68. The third kappa shape index (κ3) is 1.64. The second-order valence-corrected chi connectivity index (χ2v) is 3.51. The lowest BCUT2D eigenvalue weighted by molar-refractivity contribution is 0.102. The predicted octanol–water partition coefficient (Wildman–Crippen LogP) is 1.43. The van der Waals surface area contributed by atoms with Crippen molar-refractivity contribution in [3.05, 3.63) is 28.5 Å². The molecule has 5 nitrogen and oxygen atoms in total. The molecule has 0 aliphatic rings. The number of hydrogen-bond acceptors (Lipinski definition) is 4. The zero-order valence-electron chi connectivity index (χ0n) is 7.44. The highest BCUT2D eigenvalue weighted by molar-refractivity contribution is 7.12. The average molecular weight is 208 g/mol. The average Bonchev–Trinajstić information content (AvgIpc) is 2.75. The number of aromatic amines is 1. The van der Waals surface area contributed by atoms with E-state index in [9.17, 15) is 4.79 Å². The van der Waals surface area contributed by atoms with E-state index in [2.05, 4.69) is 20.3 Å². The molecule has 2 heterocycles. The fourth-order valence-corrected chi connectivity index (χ4v) is 1.72. The Morgan fingerprint density at radius 3 is 3.00 bits per heavy atom. The highest BCUT2D eigenvalue weighted by Gasteiger charge is 2.12. The molecule has 6 heteroatoms. The summed E-state index contributed by atoms with van der Waals surface area (Å²) in [4.78, 5) is 22.9. The van der Waals surface area contributed by atoms with Crippen LogP contribution in [0.3, 0.4) is 0 Å². The van der Waals surface area contributed by atoms with Crippen molar-refractivity contribution >= 4 is 23.2 Å². The Morgan fingerprint density at radius 1 is 1.57 bits per heavy atom. The van der Waals surface area contributed by atoms with Crippen molar-refractivity contribution in [1.29, 1.82) is 0 Å². The molecule has 0 fully saturated rings. The molecular weight excluding hydrogens is 200 g/mol. The third-order valence-corrected chi connectivity index (χ3v) is 2.61. The fourth-order valence-electron chi connectivity index (χ4n) is 1.02. The number of carbonyl (C=O) groups is 1. The van der Waals surface area contributed by atoms with Gasteiger partial charge in [-0.1, -0.05) is 0 Å². The molecule has 0 unspecified atom stereocenters. The van der Waals surface area contributed by atoms with Crippen molar-refractivity contribution in [2.75, 3.05) is 5.32 Å². The summed E-state index contributed by atoms with van der Waals surface area (Å²) in [6.07, 6.45) is 3.23. The van der Waals surface area contributed by atoms with Crippen LogP contribution in [-0.4, -0.2) is 20.9 Å². The molecule has 14 heavy (non-hydrogen) atoms. The maximum absolute atomic E-state index is 11.6. The van der Waals surface area contributed by atoms with Crippen LogP contribution in [0.2, 0.25) is 0 Å². The van der Waals surface area contributed by atoms with Gasteiger partial charge in [-0.15, -0.1) is 11.3 Å². The smallest absolute Gasteiger partial charge is 0.269 e. The van der Waals surface area contributed by atoms with Gasteiger partial charge in [0, 0.05) is 12.4 Å². The van der Waals surface area contributed by atoms with Crippen LogP contribution in [0.25, 0.3) is 0 Å². The predicted molar refractivity (Wildman–Crippen MR) is 53.4 cm³/mol. The molecular formula is C8H8N4OS. The van der Waals surface area contributed by atoms with Gasteiger partial charge in [-0.3, -0.25) is 10.1 Å². The van der Waals surface area contributed by atoms with Crippen LogP contribution in [0.1, 0.15) is 15.4 Å². The van der Waals surface area contributed by atoms with Gasteiger partial charge in [0.2, 0.25) is 5.95 Å². The number of nitrogens with zero attached hydrogens (tertiary/aromatic N) is 2. The Kier molecular flexibility index (Phi) is 2.28. The number of anilines is 1. The molecule has 72 valence electrons. The largest absolute Gasteiger partial charge is 0.331 e. The van der Waals surface area contributed by atoms with E-state index in [4.69, 9.17) is 0 Å². The van der Waals surface area contributed by atoms with E-state index >= 15 is 0 Å². The number of aryl methyl sites for hydroxylation is 1. The molecule has 0 aliphatic heterocycles. The van der Waals surface area contributed by atoms with E-state index in [0.717, 1.165) is 5.69 Å². The molecule has 2 aromatic heterocycles. The van der Waals surface area contributed by atoms with Gasteiger partial charge in [-0.2, -0.15) is 0 Å². The summed E-state index contributed by atoms with van der Waals surface area (Å²) < 4.78 is 0. The lowest BCUT2D eigenvalue weighted by Gasteiger charge is -1.98. The first-order valence-electron chi connectivity index (χ1n) is 3.98. The maximum Gasteiger partial charge on any atom is 0.269 e. The minimum absolute atomic E-state index is 0.181. The van der Waals surface area contributed by atoms with Crippen molar-refractivity contribution in [2.24, 2.45) is 0 Å². The molecule has 0 aromatic carbocycles. The Hall–Kier alpha value is -1.69. The lowest BCUT2D eigenvalue weighted by Crippen LogP contribution is -2.12. The van der Waals surface area contributed by atoms with E-state index < -0.39 is 0 Å². The fraction of sp³-hybridized carbons (Fsp3) is 0.125. The molecule has 1 amide bonds. The molecule has 2 aromatic rings. The summed E-state index contributed by atoms with van der Waals surface area (Å²) in [6, 6.07) is 0. The number of carbonyl (C=O) groups excluding carboxylic acids is 1. The van der Waals surface area contributed by atoms with Crippen molar-refractivity contribution in [1.82, 2.24) is 15.0 Å². The molecule has 0 saturated heterocycles. The second kappa shape index (κ2) is 3.59. The molecule has 0 radical (unpaired) electrons. The summed E-state index contributed by atoms with van der Waals surface area (Å²) >= 11 is 1.31. The van der Waals surface area contributed by atoms with Crippen LogP contribution >= 0.6 is 11.3 Å². The van der Waals surface area contributed by atoms with Gasteiger partial charge in [-0.05, 0) is 6.92 Å². The molecule has 0 atom stereocenters. The second-order valence-electron chi connectivity index (χ2n) is 2.66. The summed E-state index contributed by atoms with van der Waals surface area (Å²) in [5, 5.41) is 2.63. The molecule has 0 saturated carbocycles. The number of thiazole rings is 1. The number of nitrogens with one attached hydrogen (secondary N) is 2. The van der Waals surface area contributed by atoms with E-state index in [-0.39, 0.29) is 5.91 Å². The number of rotatable bonds is 2. The highest BCUT2D eigenvalue weighted by Crippen LogP contribution is 2.13. The van der Waals surface area contributed by atoms with Crippen molar-refractivity contribution in [3.63, 3.8) is 0 Å². The van der Waals surface area contributed by atoms with E-state index in [1.54, 1.807) is 24.8 Å². The van der Waals surface area contributed by atoms with Gasteiger partial charge in [0.1, 0.15) is 4.88 Å². The minimum atomic E-state index is -0.181. The van der Waals surface area contributed by atoms with Crippen LogP contribution in [0, 0.1) is 6.92 Å². The lowest BCUT2D eigenvalue weighted by atomic mass is 10.4. The number of hydrogen-bond donors (Lipinski definition) is 2. The van der Waals surface area contributed by atoms with Crippen molar-refractivity contribution in [2.45, 2.75) is 6.92 Å². The molecule has 0 bridgehead atoms. The Morgan fingerprint density at radius 2 is 2.43 bits per heavy atom. The molecule has 0 spiro atoms. The quantitative estimate of drug-likeness (QED) is 0.784. The topological polar surface area (TPSA) is 70.7 Å². The molecule has 2 rings (SSSR count). The van der Waals surface area contributed by atoms with Gasteiger partial charge < -0.3 is 4.98 Å². The zero-order valence-corrected chi connectivity index (χ0v) is 8.26. The summed E-state index contributed by atoms with van der Waals surface area (Å²) in [7, 11) is 0. The normalized spacial score (nSPS) is 10.1. The number of amides is 1. The molecule has 2 N–H and O–H groups in total. The SMILES string of the molecule is Cc1ncsc1C(=O)Nc1ncc[nH]1. The summed E-state index contributed by atoms with van der Waals surface area (Å²) in [5.74, 6) is 0.266. The first kappa shape index (κ1) is 8.89. The molecule has 0 aliphatic carbocycles. The Labute approximate surface area is 84.2 Å². The monoisotopic (exact) mass is 208 g/mol. The van der Waals surface area contributed by atoms with E-state index in [1.807, 2.05) is 0 Å². The zero-order chi connectivity index (χ0) is 9.97. The Balaban J connectivity index is 2.14. The summed E-state index contributed by atoms with van der Waals surface area (Å²) in [6.45, 7) is 1.80. The number of H-pyrrole nitrogens is 1. The van der Waals surface area contributed by atoms with Crippen LogP contribution in [0.4, 0.5) is 5.95 Å². The van der Waals surface area contributed by atoms with Crippen LogP contribution in [-0.2, 0) is 0 Å². The first-order valence-corrected chi connectivity index (χ1v) is 4.86. The summed E-state index contributed by atoms with van der Waals surface area (Å²) in [5.41, 5.74) is 2.38. The Bertz CT molecular complexity index is 434. The standard InChI is InChI=1S/C8H8N4OS/c1-5-6(14-4-11-5)7(13)12-8-9-2-3-10-8/h2-4H,1H3,(H2,9,10,12,13). The maximum atomic E-state index is 11.6. The first-order chi connectivity index (χ1) is 6.77. The van der Waals surface area contributed by atoms with Crippen LogP contribution < -0.4 is 5.32 Å². The number of imidazole rings is 1. The van der Waals surface area contributed by atoms with Crippen molar-refractivity contribution in [3.8, 4) is 0 Å². The van der Waals surface area contributed by atoms with E-state index in [0.29, 0.717) is 10.8 Å². The minimum Gasteiger partial charge on any atom is -0.331 e. The van der Waals surface area contributed by atoms with Gasteiger partial charge in [0.15, 0.2) is 0 Å². The number of aromatic nitrogens is 3.